The first-order chi connectivity index (χ1) is 12.2. The third-order valence-electron chi connectivity index (χ3n) is 4.83. The number of aryl methyl sites for hydroxylation is 1. The van der Waals surface area contributed by atoms with Gasteiger partial charge in [0.05, 0.1) is 6.20 Å². The number of aromatic nitrogens is 2. The van der Waals surface area contributed by atoms with Crippen molar-refractivity contribution >= 4 is 6.03 Å². The second-order valence-corrected chi connectivity index (χ2v) is 6.54. The molecule has 1 aromatic heterocycles. The van der Waals surface area contributed by atoms with Gasteiger partial charge in [0.25, 0.3) is 0 Å². The van der Waals surface area contributed by atoms with Crippen molar-refractivity contribution in [1.29, 1.82) is 0 Å². The van der Waals surface area contributed by atoms with Crippen LogP contribution in [0.25, 0.3) is 22.3 Å². The first-order valence-electron chi connectivity index (χ1n) is 8.73. The van der Waals surface area contributed by atoms with Crippen LogP contribution in [0.15, 0.2) is 60.9 Å². The number of rotatable bonds is 2. The van der Waals surface area contributed by atoms with Crippen molar-refractivity contribution in [3.8, 4) is 22.3 Å². The Hall–Kier alpha value is -2.88. The fourth-order valence-electron chi connectivity index (χ4n) is 3.37. The quantitative estimate of drug-likeness (QED) is 0.689. The molecule has 1 aliphatic rings. The van der Waals surface area contributed by atoms with E-state index in [1.807, 2.05) is 11.1 Å². The Bertz CT molecular complexity index is 890. The van der Waals surface area contributed by atoms with Crippen LogP contribution in [0.4, 0.5) is 4.79 Å². The fraction of sp³-hybridized carbons (Fsp3) is 0.238. The van der Waals surface area contributed by atoms with Gasteiger partial charge in [-0.25, -0.2) is 4.79 Å². The molecule has 0 aliphatic carbocycles. The Morgan fingerprint density at radius 3 is 2.32 bits per heavy atom. The summed E-state index contributed by atoms with van der Waals surface area (Å²) in [4.78, 5) is 14.3. The lowest BCUT2D eigenvalue weighted by Gasteiger charge is -2.13. The Morgan fingerprint density at radius 1 is 0.920 bits per heavy atom. The molecule has 1 amide bonds. The molecule has 0 bridgehead atoms. The van der Waals surface area contributed by atoms with Crippen LogP contribution >= 0.6 is 0 Å². The van der Waals surface area contributed by atoms with E-state index in [1.54, 1.807) is 6.20 Å². The summed E-state index contributed by atoms with van der Waals surface area (Å²) in [6, 6.07) is 16.8. The summed E-state index contributed by atoms with van der Waals surface area (Å²) in [6.07, 6.45) is 5.75. The van der Waals surface area contributed by atoms with Crippen LogP contribution in [0.1, 0.15) is 18.4 Å². The van der Waals surface area contributed by atoms with Gasteiger partial charge in [0.1, 0.15) is 0 Å². The van der Waals surface area contributed by atoms with E-state index in [2.05, 4.69) is 60.6 Å². The van der Waals surface area contributed by atoms with E-state index in [4.69, 9.17) is 0 Å². The van der Waals surface area contributed by atoms with Crippen LogP contribution in [0.2, 0.25) is 0 Å². The number of carbonyl (C=O) groups is 1. The summed E-state index contributed by atoms with van der Waals surface area (Å²) in [7, 11) is 0. The van der Waals surface area contributed by atoms with E-state index >= 15 is 0 Å². The maximum atomic E-state index is 12.4. The van der Waals surface area contributed by atoms with Crippen LogP contribution in [-0.2, 0) is 0 Å². The SMILES string of the molecule is Cc1ccccc1-c1ccc(-c2cnn(C(=O)N3CCCC3)c2)cc1. The van der Waals surface area contributed by atoms with Gasteiger partial charge in [-0.1, -0.05) is 48.5 Å². The van der Waals surface area contributed by atoms with Gasteiger partial charge in [-0.05, 0) is 42.0 Å². The molecule has 0 atom stereocenters. The highest BCUT2D eigenvalue weighted by Gasteiger charge is 2.20. The first-order valence-corrected chi connectivity index (χ1v) is 8.73. The lowest BCUT2D eigenvalue weighted by atomic mass is 9.98. The summed E-state index contributed by atoms with van der Waals surface area (Å²) in [6.45, 7) is 3.79. The molecule has 3 aromatic rings. The average molecular weight is 331 g/mol. The van der Waals surface area contributed by atoms with Gasteiger partial charge < -0.3 is 4.90 Å². The van der Waals surface area contributed by atoms with Crippen molar-refractivity contribution in [3.63, 3.8) is 0 Å². The van der Waals surface area contributed by atoms with Gasteiger partial charge in [0.2, 0.25) is 0 Å². The maximum Gasteiger partial charge on any atom is 0.344 e. The number of carbonyl (C=O) groups excluding carboxylic acids is 1. The molecule has 4 heteroatoms. The van der Waals surface area contributed by atoms with Gasteiger partial charge in [-0.3, -0.25) is 0 Å². The highest BCUT2D eigenvalue weighted by Crippen LogP contribution is 2.26. The number of amides is 1. The number of nitrogens with zero attached hydrogens (tertiary/aromatic N) is 3. The van der Waals surface area contributed by atoms with Gasteiger partial charge >= 0.3 is 6.03 Å². The molecule has 0 spiro atoms. The maximum absolute atomic E-state index is 12.4. The zero-order valence-electron chi connectivity index (χ0n) is 14.4. The van der Waals surface area contributed by atoms with Gasteiger partial charge in [-0.15, -0.1) is 0 Å². The van der Waals surface area contributed by atoms with Gasteiger partial charge in [0.15, 0.2) is 0 Å². The second-order valence-electron chi connectivity index (χ2n) is 6.54. The summed E-state index contributed by atoms with van der Waals surface area (Å²) >= 11 is 0. The molecule has 2 heterocycles. The van der Waals surface area contributed by atoms with Crippen molar-refractivity contribution in [2.75, 3.05) is 13.1 Å². The molecule has 4 rings (SSSR count). The molecular weight excluding hydrogens is 310 g/mol. The largest absolute Gasteiger partial charge is 0.344 e. The molecule has 2 aromatic carbocycles. The normalized spacial score (nSPS) is 14.0. The van der Waals surface area contributed by atoms with Crippen LogP contribution < -0.4 is 0 Å². The van der Waals surface area contributed by atoms with E-state index in [-0.39, 0.29) is 6.03 Å². The van der Waals surface area contributed by atoms with Crippen LogP contribution in [0.5, 0.6) is 0 Å². The molecule has 1 fully saturated rings. The average Bonchev–Trinajstić information content (AvgIpc) is 3.34. The summed E-state index contributed by atoms with van der Waals surface area (Å²) < 4.78 is 1.45. The zero-order chi connectivity index (χ0) is 17.2. The monoisotopic (exact) mass is 331 g/mol. The van der Waals surface area contributed by atoms with Crippen molar-refractivity contribution in [2.24, 2.45) is 0 Å². The van der Waals surface area contributed by atoms with E-state index in [0.717, 1.165) is 37.1 Å². The molecule has 1 saturated heterocycles. The lowest BCUT2D eigenvalue weighted by molar-refractivity contribution is 0.207. The predicted octanol–water partition coefficient (Wildman–Crippen LogP) is 4.59. The Balaban J connectivity index is 1.57. The zero-order valence-corrected chi connectivity index (χ0v) is 14.4. The predicted molar refractivity (Wildman–Crippen MR) is 99.4 cm³/mol. The standard InChI is InChI=1S/C21H21N3O/c1-16-6-2-3-7-20(16)18-10-8-17(9-11-18)19-14-22-24(15-19)21(25)23-12-4-5-13-23/h2-3,6-11,14-15H,4-5,12-13H2,1H3. The molecule has 0 radical (unpaired) electrons. The third kappa shape index (κ3) is 3.07. The summed E-state index contributed by atoms with van der Waals surface area (Å²) in [5.41, 5.74) is 5.73. The van der Waals surface area contributed by atoms with Gasteiger partial charge in [-0.2, -0.15) is 9.78 Å². The summed E-state index contributed by atoms with van der Waals surface area (Å²) in [5, 5.41) is 4.26. The molecule has 0 saturated carbocycles. The van der Waals surface area contributed by atoms with Gasteiger partial charge in [0, 0.05) is 24.8 Å². The van der Waals surface area contributed by atoms with E-state index < -0.39 is 0 Å². The van der Waals surface area contributed by atoms with Crippen molar-refractivity contribution < 1.29 is 4.79 Å². The van der Waals surface area contributed by atoms with Crippen molar-refractivity contribution in [3.05, 3.63) is 66.5 Å². The fourth-order valence-corrected chi connectivity index (χ4v) is 3.37. The van der Waals surface area contributed by atoms with Crippen LogP contribution in [0.3, 0.4) is 0 Å². The Morgan fingerprint density at radius 2 is 1.60 bits per heavy atom. The highest BCUT2D eigenvalue weighted by atomic mass is 16.2. The molecule has 0 unspecified atom stereocenters. The van der Waals surface area contributed by atoms with Crippen molar-refractivity contribution in [2.45, 2.75) is 19.8 Å². The molecular formula is C21H21N3O. The van der Waals surface area contributed by atoms with Crippen LogP contribution in [0, 0.1) is 6.92 Å². The highest BCUT2D eigenvalue weighted by molar-refractivity contribution is 5.78. The van der Waals surface area contributed by atoms with Crippen molar-refractivity contribution in [1.82, 2.24) is 14.7 Å². The van der Waals surface area contributed by atoms with E-state index in [9.17, 15) is 4.79 Å². The molecule has 126 valence electrons. The molecule has 25 heavy (non-hydrogen) atoms. The lowest BCUT2D eigenvalue weighted by Crippen LogP contribution is -2.32. The minimum absolute atomic E-state index is 0.0275. The number of likely N-dealkylation sites (tertiary alicyclic amines) is 1. The minimum atomic E-state index is -0.0275. The second kappa shape index (κ2) is 6.55. The Kier molecular flexibility index (Phi) is 4.10. The van der Waals surface area contributed by atoms with E-state index in [0.29, 0.717) is 0 Å². The molecule has 4 nitrogen and oxygen atoms in total. The topological polar surface area (TPSA) is 38.1 Å². The smallest absolute Gasteiger partial charge is 0.323 e. The minimum Gasteiger partial charge on any atom is -0.323 e. The molecule has 1 aliphatic heterocycles. The Labute approximate surface area is 147 Å². The number of benzene rings is 2. The third-order valence-corrected chi connectivity index (χ3v) is 4.83. The number of hydrogen-bond donors (Lipinski definition) is 0. The summed E-state index contributed by atoms with van der Waals surface area (Å²) in [5.74, 6) is 0. The first kappa shape index (κ1) is 15.6. The number of hydrogen-bond acceptors (Lipinski definition) is 2. The van der Waals surface area contributed by atoms with E-state index in [1.165, 1.54) is 21.4 Å². The molecule has 0 N–H and O–H groups in total. The van der Waals surface area contributed by atoms with Crippen LogP contribution in [-0.4, -0.2) is 33.8 Å².